The molecule has 0 fully saturated rings. The molecule has 0 aromatic heterocycles. The first-order valence-corrected chi connectivity index (χ1v) is 9.79. The van der Waals surface area contributed by atoms with E-state index in [1.807, 2.05) is 18.2 Å². The van der Waals surface area contributed by atoms with Gasteiger partial charge in [0.1, 0.15) is 17.2 Å². The predicted octanol–water partition coefficient (Wildman–Crippen LogP) is 4.78. The summed E-state index contributed by atoms with van der Waals surface area (Å²) in [6.45, 7) is 3.88. The molecule has 1 N–H and O–H groups in total. The first-order chi connectivity index (χ1) is 13.2. The van der Waals surface area contributed by atoms with Crippen LogP contribution in [-0.2, 0) is 19.4 Å². The highest BCUT2D eigenvalue weighted by Crippen LogP contribution is 2.32. The minimum atomic E-state index is 0.785. The highest BCUT2D eigenvalue weighted by Gasteiger charge is 2.12. The molecule has 0 saturated carbocycles. The van der Waals surface area contributed by atoms with Crippen LogP contribution in [0.2, 0.25) is 0 Å². The highest BCUT2D eigenvalue weighted by molar-refractivity contribution is 5.48. The lowest BCUT2D eigenvalue weighted by Gasteiger charge is -2.16. The Bertz CT molecular complexity index is 675. The van der Waals surface area contributed by atoms with Gasteiger partial charge in [0.25, 0.3) is 0 Å². The van der Waals surface area contributed by atoms with Gasteiger partial charge in [-0.15, -0.1) is 0 Å². The predicted molar refractivity (Wildman–Crippen MR) is 111 cm³/mol. The number of rotatable bonds is 12. The molecular weight excluding hydrogens is 338 g/mol. The number of nitrogens with one attached hydrogen (secondary N) is 1. The fourth-order valence-corrected chi connectivity index (χ4v) is 3.29. The fraction of sp³-hybridized carbons (Fsp3) is 0.478. The third kappa shape index (κ3) is 6.17. The Morgan fingerprint density at radius 3 is 2.11 bits per heavy atom. The van der Waals surface area contributed by atoms with Crippen molar-refractivity contribution in [2.75, 3.05) is 27.9 Å². The van der Waals surface area contributed by atoms with Crippen LogP contribution in [0.15, 0.2) is 36.4 Å². The number of methoxy groups -OCH3 is 3. The number of unbranched alkanes of at least 4 members (excludes halogenated alkanes) is 2. The maximum Gasteiger partial charge on any atom is 0.126 e. The second-order valence-electron chi connectivity index (χ2n) is 6.67. The summed E-state index contributed by atoms with van der Waals surface area (Å²) >= 11 is 0. The summed E-state index contributed by atoms with van der Waals surface area (Å²) in [4.78, 5) is 0. The lowest BCUT2D eigenvalue weighted by atomic mass is 10.0. The summed E-state index contributed by atoms with van der Waals surface area (Å²) in [6, 6.07) is 12.4. The van der Waals surface area contributed by atoms with Crippen LogP contribution >= 0.6 is 0 Å². The van der Waals surface area contributed by atoms with E-state index in [0.717, 1.165) is 49.6 Å². The van der Waals surface area contributed by atoms with Crippen molar-refractivity contribution in [1.29, 1.82) is 0 Å². The number of benzene rings is 2. The summed E-state index contributed by atoms with van der Waals surface area (Å²) in [7, 11) is 5.18. The van der Waals surface area contributed by atoms with Crippen molar-refractivity contribution in [3.05, 3.63) is 53.1 Å². The molecule has 4 heteroatoms. The monoisotopic (exact) mass is 371 g/mol. The number of hydrogen-bond donors (Lipinski definition) is 1. The van der Waals surface area contributed by atoms with E-state index in [1.54, 1.807) is 21.3 Å². The molecule has 0 saturated heterocycles. The molecule has 0 spiro atoms. The lowest BCUT2D eigenvalue weighted by Crippen LogP contribution is -2.17. The SMILES string of the molecule is CCCCCc1c(OC)cc(CCNCc2ccccc2OC)cc1OC. The standard InChI is InChI=1S/C23H33NO3/c1-5-6-7-11-20-22(26-3)15-18(16-23(20)27-4)13-14-24-17-19-10-8-9-12-21(19)25-2/h8-10,12,15-16,24H,5-7,11,13-14,17H2,1-4H3. The Kier molecular flexibility index (Phi) is 8.99. The molecule has 2 rings (SSSR count). The molecule has 0 radical (unpaired) electrons. The summed E-state index contributed by atoms with van der Waals surface area (Å²) in [5.41, 5.74) is 3.57. The average molecular weight is 372 g/mol. The third-order valence-electron chi connectivity index (χ3n) is 4.80. The van der Waals surface area contributed by atoms with E-state index in [0.29, 0.717) is 0 Å². The van der Waals surface area contributed by atoms with Crippen LogP contribution in [0.3, 0.4) is 0 Å². The van der Waals surface area contributed by atoms with Gasteiger partial charge in [0, 0.05) is 17.7 Å². The van der Waals surface area contributed by atoms with Crippen molar-refractivity contribution in [2.24, 2.45) is 0 Å². The Labute approximate surface area is 163 Å². The molecule has 0 aliphatic rings. The molecule has 0 unspecified atom stereocenters. The van der Waals surface area contributed by atoms with Crippen LogP contribution in [0.1, 0.15) is 42.9 Å². The summed E-state index contributed by atoms with van der Waals surface area (Å²) in [5, 5.41) is 3.49. The van der Waals surface area contributed by atoms with Gasteiger partial charge in [0.15, 0.2) is 0 Å². The van der Waals surface area contributed by atoms with Crippen LogP contribution < -0.4 is 19.5 Å². The first-order valence-electron chi connectivity index (χ1n) is 9.79. The maximum atomic E-state index is 5.65. The Morgan fingerprint density at radius 1 is 0.815 bits per heavy atom. The van der Waals surface area contributed by atoms with Crippen molar-refractivity contribution in [1.82, 2.24) is 5.32 Å². The Balaban J connectivity index is 1.97. The van der Waals surface area contributed by atoms with Crippen LogP contribution in [0.25, 0.3) is 0 Å². The zero-order valence-corrected chi connectivity index (χ0v) is 17.1. The van der Waals surface area contributed by atoms with Crippen molar-refractivity contribution >= 4 is 0 Å². The van der Waals surface area contributed by atoms with Crippen LogP contribution in [0, 0.1) is 0 Å². The average Bonchev–Trinajstić information content (AvgIpc) is 2.71. The van der Waals surface area contributed by atoms with Gasteiger partial charge in [0.2, 0.25) is 0 Å². The number of ether oxygens (including phenoxy) is 3. The molecule has 0 heterocycles. The Hall–Kier alpha value is -2.20. The molecule has 2 aromatic carbocycles. The minimum Gasteiger partial charge on any atom is -0.496 e. The van der Waals surface area contributed by atoms with Crippen molar-refractivity contribution in [2.45, 2.75) is 45.6 Å². The summed E-state index contributed by atoms with van der Waals surface area (Å²) < 4.78 is 16.7. The topological polar surface area (TPSA) is 39.7 Å². The largest absolute Gasteiger partial charge is 0.496 e. The molecular formula is C23H33NO3. The molecule has 0 atom stereocenters. The number of para-hydroxylation sites is 1. The van der Waals surface area contributed by atoms with Crippen molar-refractivity contribution < 1.29 is 14.2 Å². The van der Waals surface area contributed by atoms with E-state index >= 15 is 0 Å². The highest BCUT2D eigenvalue weighted by atomic mass is 16.5. The molecule has 2 aromatic rings. The summed E-state index contributed by atoms with van der Waals surface area (Å²) in [6.07, 6.45) is 5.49. The van der Waals surface area contributed by atoms with Gasteiger partial charge in [0.05, 0.1) is 21.3 Å². The van der Waals surface area contributed by atoms with Gasteiger partial charge in [-0.05, 0) is 49.6 Å². The normalized spacial score (nSPS) is 10.7. The van der Waals surface area contributed by atoms with Crippen molar-refractivity contribution in [3.63, 3.8) is 0 Å². The molecule has 0 aliphatic carbocycles. The van der Waals surface area contributed by atoms with E-state index in [-0.39, 0.29) is 0 Å². The van der Waals surface area contributed by atoms with Gasteiger partial charge >= 0.3 is 0 Å². The van der Waals surface area contributed by atoms with Gasteiger partial charge in [-0.1, -0.05) is 38.0 Å². The molecule has 148 valence electrons. The van der Waals surface area contributed by atoms with E-state index < -0.39 is 0 Å². The Morgan fingerprint density at radius 2 is 1.48 bits per heavy atom. The van der Waals surface area contributed by atoms with Crippen molar-refractivity contribution in [3.8, 4) is 17.2 Å². The van der Waals surface area contributed by atoms with E-state index in [9.17, 15) is 0 Å². The van der Waals surface area contributed by atoms with E-state index in [1.165, 1.54) is 29.5 Å². The fourth-order valence-electron chi connectivity index (χ4n) is 3.29. The second-order valence-corrected chi connectivity index (χ2v) is 6.67. The molecule has 27 heavy (non-hydrogen) atoms. The van der Waals surface area contributed by atoms with Gasteiger partial charge in [-0.3, -0.25) is 0 Å². The zero-order chi connectivity index (χ0) is 19.5. The van der Waals surface area contributed by atoms with Gasteiger partial charge < -0.3 is 19.5 Å². The van der Waals surface area contributed by atoms with Gasteiger partial charge in [-0.25, -0.2) is 0 Å². The third-order valence-corrected chi connectivity index (χ3v) is 4.80. The van der Waals surface area contributed by atoms with Crippen LogP contribution in [0.4, 0.5) is 0 Å². The first kappa shape index (κ1) is 21.1. The quantitative estimate of drug-likeness (QED) is 0.545. The lowest BCUT2D eigenvalue weighted by molar-refractivity contribution is 0.383. The maximum absolute atomic E-state index is 5.65. The minimum absolute atomic E-state index is 0.785. The van der Waals surface area contributed by atoms with Crippen LogP contribution in [0.5, 0.6) is 17.2 Å². The molecule has 0 bridgehead atoms. The molecule has 4 nitrogen and oxygen atoms in total. The molecule has 0 amide bonds. The summed E-state index contributed by atoms with van der Waals surface area (Å²) in [5.74, 6) is 2.79. The number of hydrogen-bond acceptors (Lipinski definition) is 4. The smallest absolute Gasteiger partial charge is 0.126 e. The van der Waals surface area contributed by atoms with E-state index in [4.69, 9.17) is 14.2 Å². The van der Waals surface area contributed by atoms with Gasteiger partial charge in [-0.2, -0.15) is 0 Å². The zero-order valence-electron chi connectivity index (χ0n) is 17.1. The molecule has 0 aliphatic heterocycles. The second kappa shape index (κ2) is 11.5. The van der Waals surface area contributed by atoms with E-state index in [2.05, 4.69) is 30.4 Å². The van der Waals surface area contributed by atoms with Crippen LogP contribution in [-0.4, -0.2) is 27.9 Å².